The van der Waals surface area contributed by atoms with Crippen molar-refractivity contribution in [1.82, 2.24) is 19.5 Å². The molecule has 15 heteroatoms. The summed E-state index contributed by atoms with van der Waals surface area (Å²) in [7, 11) is -4.76. The first-order valence-electron chi connectivity index (χ1n) is 10.2. The van der Waals surface area contributed by atoms with E-state index in [2.05, 4.69) is 29.3 Å². The summed E-state index contributed by atoms with van der Waals surface area (Å²) in [6.45, 7) is 7.10. The number of aromatic nitrogens is 4. The summed E-state index contributed by atoms with van der Waals surface area (Å²) in [5, 5.41) is 12.4. The molecule has 0 bridgehead atoms. The Balaban J connectivity index is 1.87. The molecule has 2 heterocycles. The molecule has 0 saturated carbocycles. The van der Waals surface area contributed by atoms with Crippen molar-refractivity contribution in [2.75, 3.05) is 18.7 Å². The van der Waals surface area contributed by atoms with E-state index in [1.165, 1.54) is 12.7 Å². The third kappa shape index (κ3) is 8.08. The van der Waals surface area contributed by atoms with Gasteiger partial charge in [0.1, 0.15) is 6.33 Å². The van der Waals surface area contributed by atoms with Gasteiger partial charge in [-0.3, -0.25) is 9.59 Å². The zero-order chi connectivity index (χ0) is 25.7. The van der Waals surface area contributed by atoms with Crippen LogP contribution in [0.5, 0.6) is 0 Å². The number of imidazole rings is 1. The Hall–Kier alpha value is -2.48. The Kier molecular flexibility index (Phi) is 8.86. The number of ether oxygens (including phenoxy) is 2. The number of rotatable bonds is 10. The number of hydrogen-bond donors (Lipinski definition) is 3. The fraction of sp³-hybridized carbons (Fsp3) is 0.632. The van der Waals surface area contributed by atoms with E-state index in [-0.39, 0.29) is 24.9 Å². The van der Waals surface area contributed by atoms with Gasteiger partial charge in [0.05, 0.1) is 18.3 Å². The van der Waals surface area contributed by atoms with E-state index in [1.54, 1.807) is 46.1 Å². The Bertz CT molecular complexity index is 1060. The van der Waals surface area contributed by atoms with Crippen LogP contribution in [-0.4, -0.2) is 61.3 Å². The van der Waals surface area contributed by atoms with E-state index in [0.29, 0.717) is 11.2 Å². The van der Waals surface area contributed by atoms with Gasteiger partial charge in [0.15, 0.2) is 17.0 Å². The van der Waals surface area contributed by atoms with Crippen molar-refractivity contribution in [3.05, 3.63) is 12.7 Å². The van der Waals surface area contributed by atoms with Crippen LogP contribution in [0.25, 0.3) is 11.2 Å². The van der Waals surface area contributed by atoms with Crippen LogP contribution in [0.4, 0.5) is 5.82 Å². The van der Waals surface area contributed by atoms with Gasteiger partial charge >= 0.3 is 13.8 Å². The first kappa shape index (κ1) is 27.8. The molecule has 3 N–H and O–H groups in total. The number of aliphatic hydroxyl groups excluding tert-OH is 1. The number of esters is 1. The van der Waals surface area contributed by atoms with Gasteiger partial charge < -0.3 is 29.4 Å². The van der Waals surface area contributed by atoms with Crippen molar-refractivity contribution in [2.45, 2.75) is 54.6 Å². The SMILES string of the molecule is CC(C)(C)C(=O)Nc1ncnc2c1ncn2CCO[C@@H](O)OP(=O)(O)OCOC(=O)C(C)(C)C. The summed E-state index contributed by atoms with van der Waals surface area (Å²) in [5.74, 6) is -0.644. The average Bonchev–Trinajstić information content (AvgIpc) is 3.10. The molecule has 34 heavy (non-hydrogen) atoms. The van der Waals surface area contributed by atoms with E-state index >= 15 is 0 Å². The lowest BCUT2D eigenvalue weighted by Gasteiger charge is -2.19. The molecule has 2 aromatic rings. The van der Waals surface area contributed by atoms with Crippen molar-refractivity contribution in [1.29, 1.82) is 0 Å². The second-order valence-electron chi connectivity index (χ2n) is 9.22. The Morgan fingerprint density at radius 3 is 2.44 bits per heavy atom. The van der Waals surface area contributed by atoms with E-state index < -0.39 is 37.9 Å². The molecule has 2 rings (SSSR count). The molecule has 0 spiro atoms. The van der Waals surface area contributed by atoms with E-state index in [0.717, 1.165) is 0 Å². The molecular formula is C19H30N5O9P. The van der Waals surface area contributed by atoms with Gasteiger partial charge in [0.25, 0.3) is 6.48 Å². The maximum absolute atomic E-state index is 12.2. The summed E-state index contributed by atoms with van der Waals surface area (Å²) in [4.78, 5) is 45.8. The number of hydrogen-bond acceptors (Lipinski definition) is 11. The van der Waals surface area contributed by atoms with Gasteiger partial charge in [-0.1, -0.05) is 20.8 Å². The summed E-state index contributed by atoms with van der Waals surface area (Å²) in [6.07, 6.45) is 2.70. The van der Waals surface area contributed by atoms with E-state index in [4.69, 9.17) is 9.47 Å². The van der Waals surface area contributed by atoms with Crippen LogP contribution in [0.1, 0.15) is 41.5 Å². The van der Waals surface area contributed by atoms with Crippen LogP contribution < -0.4 is 5.32 Å². The standard InChI is InChI=1S/C19H30N5O9P/c1-18(2,3)15(25)23-13-12-14(21-9-20-13)24(10-22-12)7-8-30-17(27)33-34(28,29)32-11-31-16(26)19(4,5)6/h9-10,17,27H,7-8,11H2,1-6H3,(H,28,29)(H,20,21,23,25)/t17-/m1/s1. The summed E-state index contributed by atoms with van der Waals surface area (Å²) < 4.78 is 32.0. The lowest BCUT2D eigenvalue weighted by molar-refractivity contribution is -0.227. The van der Waals surface area contributed by atoms with Crippen LogP contribution in [0.3, 0.4) is 0 Å². The van der Waals surface area contributed by atoms with Crippen LogP contribution in [0.2, 0.25) is 0 Å². The number of anilines is 1. The second-order valence-corrected chi connectivity index (χ2v) is 10.6. The topological polar surface area (TPSA) is 184 Å². The highest BCUT2D eigenvalue weighted by molar-refractivity contribution is 7.47. The predicted octanol–water partition coefficient (Wildman–Crippen LogP) is 1.78. The highest BCUT2D eigenvalue weighted by atomic mass is 31.2. The Labute approximate surface area is 196 Å². The quantitative estimate of drug-likeness (QED) is 0.243. The van der Waals surface area contributed by atoms with Crippen LogP contribution in [-0.2, 0) is 39.2 Å². The number of carbonyl (C=O) groups excluding carboxylic acids is 2. The smallest absolute Gasteiger partial charge is 0.437 e. The fourth-order valence-corrected chi connectivity index (χ4v) is 2.76. The monoisotopic (exact) mass is 503 g/mol. The van der Waals surface area contributed by atoms with Gasteiger partial charge in [-0.2, -0.15) is 0 Å². The molecular weight excluding hydrogens is 473 g/mol. The van der Waals surface area contributed by atoms with Gasteiger partial charge in [0, 0.05) is 12.0 Å². The number of fused-ring (bicyclic) bond motifs is 1. The van der Waals surface area contributed by atoms with Crippen molar-refractivity contribution < 1.29 is 42.7 Å². The van der Waals surface area contributed by atoms with Crippen LogP contribution in [0.15, 0.2) is 12.7 Å². The lowest BCUT2D eigenvalue weighted by Crippen LogP contribution is -2.28. The molecule has 2 atom stereocenters. The first-order valence-corrected chi connectivity index (χ1v) is 11.7. The molecule has 0 aromatic carbocycles. The van der Waals surface area contributed by atoms with Crippen molar-refractivity contribution >= 4 is 36.7 Å². The second kappa shape index (κ2) is 10.8. The number of aliphatic hydroxyl groups is 1. The number of nitrogens with zero attached hydrogens (tertiary/aromatic N) is 4. The van der Waals surface area contributed by atoms with E-state index in [1.807, 2.05) is 0 Å². The highest BCUT2D eigenvalue weighted by Crippen LogP contribution is 2.44. The van der Waals surface area contributed by atoms with E-state index in [9.17, 15) is 24.2 Å². The maximum atomic E-state index is 12.2. The first-order chi connectivity index (χ1) is 15.6. The molecule has 0 saturated heterocycles. The number of amides is 1. The molecule has 1 amide bonds. The Morgan fingerprint density at radius 2 is 1.82 bits per heavy atom. The maximum Gasteiger partial charge on any atom is 0.479 e. The number of phosphoric ester groups is 1. The summed E-state index contributed by atoms with van der Waals surface area (Å²) in [6, 6.07) is 0. The fourth-order valence-electron chi connectivity index (χ4n) is 2.22. The molecule has 2 aromatic heterocycles. The minimum Gasteiger partial charge on any atom is -0.437 e. The zero-order valence-corrected chi connectivity index (χ0v) is 20.7. The molecule has 190 valence electrons. The predicted molar refractivity (Wildman–Crippen MR) is 118 cm³/mol. The summed E-state index contributed by atoms with van der Waals surface area (Å²) >= 11 is 0. The number of phosphoric acid groups is 1. The van der Waals surface area contributed by atoms with Gasteiger partial charge in [-0.25, -0.2) is 28.6 Å². The van der Waals surface area contributed by atoms with Crippen molar-refractivity contribution in [2.24, 2.45) is 10.8 Å². The minimum atomic E-state index is -4.76. The molecule has 0 aliphatic rings. The van der Waals surface area contributed by atoms with Crippen LogP contribution in [0, 0.1) is 10.8 Å². The molecule has 0 radical (unpaired) electrons. The van der Waals surface area contributed by atoms with Gasteiger partial charge in [0.2, 0.25) is 12.7 Å². The highest BCUT2D eigenvalue weighted by Gasteiger charge is 2.29. The third-order valence-electron chi connectivity index (χ3n) is 4.15. The van der Waals surface area contributed by atoms with Crippen molar-refractivity contribution in [3.63, 3.8) is 0 Å². The van der Waals surface area contributed by atoms with Gasteiger partial charge in [-0.15, -0.1) is 0 Å². The molecule has 0 aliphatic carbocycles. The third-order valence-corrected chi connectivity index (χ3v) is 5.03. The largest absolute Gasteiger partial charge is 0.479 e. The van der Waals surface area contributed by atoms with Crippen molar-refractivity contribution in [3.8, 4) is 0 Å². The molecule has 14 nitrogen and oxygen atoms in total. The Morgan fingerprint density at radius 1 is 1.15 bits per heavy atom. The van der Waals surface area contributed by atoms with Gasteiger partial charge in [-0.05, 0) is 20.8 Å². The average molecular weight is 503 g/mol. The molecule has 0 fully saturated rings. The zero-order valence-electron chi connectivity index (χ0n) is 19.8. The number of nitrogens with one attached hydrogen (secondary N) is 1. The number of carbonyl (C=O) groups is 2. The minimum absolute atomic E-state index is 0.125. The lowest BCUT2D eigenvalue weighted by atomic mass is 9.96. The molecule has 1 unspecified atom stereocenters. The summed E-state index contributed by atoms with van der Waals surface area (Å²) in [5.41, 5.74) is -0.702. The molecule has 0 aliphatic heterocycles. The normalized spacial score (nSPS) is 15.1. The van der Waals surface area contributed by atoms with Crippen LogP contribution >= 0.6 is 7.82 Å².